The second-order valence-corrected chi connectivity index (χ2v) is 3.95. The zero-order chi connectivity index (χ0) is 13.0. The lowest BCUT2D eigenvalue weighted by molar-refractivity contribution is 0.0990. The molecule has 0 atom stereocenters. The minimum atomic E-state index is -0.128. The van der Waals surface area contributed by atoms with E-state index in [0.717, 1.165) is 5.56 Å². The summed E-state index contributed by atoms with van der Waals surface area (Å²) in [5.74, 6) is 0.758. The monoisotopic (exact) mass is 257 g/mol. The number of hydrogen-bond donors (Lipinski definition) is 1. The normalized spacial score (nSPS) is 10.2. The summed E-state index contributed by atoms with van der Waals surface area (Å²) in [4.78, 5) is 12.0. The number of hydrogen-bond acceptors (Lipinski definition) is 4. The van der Waals surface area contributed by atoms with Gasteiger partial charge in [-0.2, -0.15) is 0 Å². The van der Waals surface area contributed by atoms with Crippen LogP contribution in [0, 0.1) is 6.92 Å². The van der Waals surface area contributed by atoms with Crippen molar-refractivity contribution < 1.29 is 14.3 Å². The zero-order valence-electron chi connectivity index (χ0n) is 10.4. The Morgan fingerprint density at radius 1 is 1.41 bits per heavy atom. The molecule has 4 nitrogen and oxygen atoms in total. The molecule has 0 radical (unpaired) electrons. The highest BCUT2D eigenvalue weighted by molar-refractivity contribution is 6.35. The highest BCUT2D eigenvalue weighted by Gasteiger charge is 2.21. The third-order valence-corrected chi connectivity index (χ3v) is 2.89. The Morgan fingerprint density at radius 3 is 2.53 bits per heavy atom. The van der Waals surface area contributed by atoms with E-state index in [1.165, 1.54) is 14.2 Å². The summed E-state index contributed by atoms with van der Waals surface area (Å²) >= 11 is 6.15. The summed E-state index contributed by atoms with van der Waals surface area (Å²) in [6, 6.07) is 1.75. The molecular weight excluding hydrogens is 242 g/mol. The Bertz CT molecular complexity index is 432. The first-order valence-electron chi connectivity index (χ1n) is 5.15. The van der Waals surface area contributed by atoms with Gasteiger partial charge in [0.25, 0.3) is 0 Å². The fourth-order valence-corrected chi connectivity index (χ4v) is 1.84. The van der Waals surface area contributed by atoms with Crippen LogP contribution in [-0.4, -0.2) is 33.6 Å². The third-order valence-electron chi connectivity index (χ3n) is 2.40. The molecule has 0 fully saturated rings. The molecule has 94 valence electrons. The Hall–Kier alpha value is -1.26. The molecule has 1 N–H and O–H groups in total. The van der Waals surface area contributed by atoms with Crippen LogP contribution in [0.15, 0.2) is 6.07 Å². The summed E-state index contributed by atoms with van der Waals surface area (Å²) in [6.07, 6.45) is 0. The van der Waals surface area contributed by atoms with E-state index in [1.807, 2.05) is 6.92 Å². The van der Waals surface area contributed by atoms with Crippen LogP contribution in [0.1, 0.15) is 15.9 Å². The van der Waals surface area contributed by atoms with Gasteiger partial charge < -0.3 is 14.8 Å². The van der Waals surface area contributed by atoms with E-state index in [4.69, 9.17) is 21.1 Å². The number of nitrogens with one attached hydrogen (secondary N) is 1. The Balaban J connectivity index is 3.43. The molecule has 1 aromatic rings. The number of carbonyl (C=O) groups excluding carboxylic acids is 1. The fraction of sp³-hybridized carbons (Fsp3) is 0.417. The van der Waals surface area contributed by atoms with Crippen LogP contribution >= 0.6 is 11.6 Å². The number of rotatable bonds is 5. The van der Waals surface area contributed by atoms with E-state index in [9.17, 15) is 4.79 Å². The summed E-state index contributed by atoms with van der Waals surface area (Å²) in [5, 5.41) is 3.20. The van der Waals surface area contributed by atoms with Gasteiger partial charge in [-0.1, -0.05) is 11.6 Å². The molecule has 0 bridgehead atoms. The Morgan fingerprint density at radius 2 is 2.06 bits per heavy atom. The first-order valence-corrected chi connectivity index (χ1v) is 5.53. The summed E-state index contributed by atoms with van der Waals surface area (Å²) in [7, 11) is 4.71. The van der Waals surface area contributed by atoms with Gasteiger partial charge in [0, 0.05) is 0 Å². The molecule has 0 heterocycles. The third kappa shape index (κ3) is 2.70. The lowest BCUT2D eigenvalue weighted by Gasteiger charge is -2.15. The molecule has 17 heavy (non-hydrogen) atoms. The van der Waals surface area contributed by atoms with Crippen molar-refractivity contribution >= 4 is 17.4 Å². The van der Waals surface area contributed by atoms with Crippen molar-refractivity contribution in [3.63, 3.8) is 0 Å². The van der Waals surface area contributed by atoms with Gasteiger partial charge in [0.05, 0.1) is 31.4 Å². The number of ether oxygens (including phenoxy) is 2. The highest BCUT2D eigenvalue weighted by atomic mass is 35.5. The Labute approximate surface area is 106 Å². The maximum absolute atomic E-state index is 12.0. The summed E-state index contributed by atoms with van der Waals surface area (Å²) < 4.78 is 10.4. The van der Waals surface area contributed by atoms with Gasteiger partial charge in [-0.15, -0.1) is 0 Å². The summed E-state index contributed by atoms with van der Waals surface area (Å²) in [6.45, 7) is 2.02. The standard InChI is InChI=1S/C12H16ClNO3/c1-7-5-9(16-3)12(17-4)10(11(7)13)8(15)6-14-2/h5,14H,6H2,1-4H3. The number of Topliss-reactive ketones (excluding diaryl/α,β-unsaturated/α-hetero) is 1. The van der Waals surface area contributed by atoms with Crippen molar-refractivity contribution in [1.82, 2.24) is 5.32 Å². The number of carbonyl (C=O) groups is 1. The van der Waals surface area contributed by atoms with E-state index < -0.39 is 0 Å². The van der Waals surface area contributed by atoms with Crippen LogP contribution in [0.2, 0.25) is 5.02 Å². The van der Waals surface area contributed by atoms with Gasteiger partial charge in [0.1, 0.15) is 0 Å². The van der Waals surface area contributed by atoms with Gasteiger partial charge in [-0.05, 0) is 25.6 Å². The molecule has 1 rings (SSSR count). The van der Waals surface area contributed by atoms with E-state index >= 15 is 0 Å². The molecule has 0 spiro atoms. The topological polar surface area (TPSA) is 47.6 Å². The maximum atomic E-state index is 12.0. The van der Waals surface area contributed by atoms with Crippen molar-refractivity contribution in [2.75, 3.05) is 27.8 Å². The molecule has 5 heteroatoms. The quantitative estimate of drug-likeness (QED) is 0.821. The smallest absolute Gasteiger partial charge is 0.181 e. The van der Waals surface area contributed by atoms with Gasteiger partial charge in [0.15, 0.2) is 17.3 Å². The molecule has 0 saturated heterocycles. The minimum absolute atomic E-state index is 0.128. The van der Waals surface area contributed by atoms with Gasteiger partial charge >= 0.3 is 0 Å². The number of halogens is 1. The number of aryl methyl sites for hydroxylation is 1. The van der Waals surface area contributed by atoms with E-state index in [-0.39, 0.29) is 12.3 Å². The van der Waals surface area contributed by atoms with Gasteiger partial charge in [-0.3, -0.25) is 4.79 Å². The maximum Gasteiger partial charge on any atom is 0.181 e. The van der Waals surface area contributed by atoms with E-state index in [0.29, 0.717) is 22.1 Å². The van der Waals surface area contributed by atoms with Crippen molar-refractivity contribution in [3.05, 3.63) is 22.2 Å². The molecule has 0 aliphatic heterocycles. The van der Waals surface area contributed by atoms with Gasteiger partial charge in [-0.25, -0.2) is 0 Å². The molecule has 0 aliphatic rings. The molecule has 0 unspecified atom stereocenters. The van der Waals surface area contributed by atoms with Crippen LogP contribution in [-0.2, 0) is 0 Å². The van der Waals surface area contributed by atoms with Crippen LogP contribution in [0.4, 0.5) is 0 Å². The minimum Gasteiger partial charge on any atom is -0.493 e. The zero-order valence-corrected chi connectivity index (χ0v) is 11.1. The second kappa shape index (κ2) is 5.89. The SMILES string of the molecule is CNCC(=O)c1c(Cl)c(C)cc(OC)c1OC. The van der Waals surface area contributed by atoms with E-state index in [1.54, 1.807) is 13.1 Å². The predicted octanol–water partition coefficient (Wildman–Crippen LogP) is 2.07. The molecule has 0 aliphatic carbocycles. The Kier molecular flexibility index (Phi) is 4.78. The average molecular weight is 258 g/mol. The summed E-state index contributed by atoms with van der Waals surface area (Å²) in [5.41, 5.74) is 1.14. The first kappa shape index (κ1) is 13.8. The highest BCUT2D eigenvalue weighted by Crippen LogP contribution is 2.38. The lowest BCUT2D eigenvalue weighted by atomic mass is 10.0. The van der Waals surface area contributed by atoms with Crippen LogP contribution in [0.5, 0.6) is 11.5 Å². The van der Waals surface area contributed by atoms with Gasteiger partial charge in [0.2, 0.25) is 0 Å². The van der Waals surface area contributed by atoms with Crippen molar-refractivity contribution in [1.29, 1.82) is 0 Å². The molecule has 0 aromatic heterocycles. The van der Waals surface area contributed by atoms with Crippen molar-refractivity contribution in [2.24, 2.45) is 0 Å². The lowest BCUT2D eigenvalue weighted by Crippen LogP contribution is -2.20. The fourth-order valence-electron chi connectivity index (χ4n) is 1.60. The number of benzene rings is 1. The molecule has 0 saturated carbocycles. The number of ketones is 1. The number of methoxy groups -OCH3 is 2. The predicted molar refractivity (Wildman–Crippen MR) is 67.6 cm³/mol. The van der Waals surface area contributed by atoms with E-state index in [2.05, 4.69) is 5.32 Å². The van der Waals surface area contributed by atoms with Crippen LogP contribution < -0.4 is 14.8 Å². The largest absolute Gasteiger partial charge is 0.493 e. The molecule has 1 aromatic carbocycles. The first-order chi connectivity index (χ1) is 8.06. The average Bonchev–Trinajstić information content (AvgIpc) is 2.31. The molecule has 0 amide bonds. The van der Waals surface area contributed by atoms with Crippen molar-refractivity contribution in [3.8, 4) is 11.5 Å². The van der Waals surface area contributed by atoms with Crippen LogP contribution in [0.25, 0.3) is 0 Å². The second-order valence-electron chi connectivity index (χ2n) is 3.57. The van der Waals surface area contributed by atoms with Crippen molar-refractivity contribution in [2.45, 2.75) is 6.92 Å². The molecular formula is C12H16ClNO3. The van der Waals surface area contributed by atoms with Crippen LogP contribution in [0.3, 0.4) is 0 Å². The number of likely N-dealkylation sites (N-methyl/N-ethyl adjacent to an activating group) is 1.